The quantitative estimate of drug-likeness (QED) is 0.899. The summed E-state index contributed by atoms with van der Waals surface area (Å²) < 4.78 is 43.5. The lowest BCUT2D eigenvalue weighted by Gasteiger charge is -2.36. The van der Waals surface area contributed by atoms with E-state index in [0.717, 1.165) is 25.0 Å². The van der Waals surface area contributed by atoms with Crippen molar-refractivity contribution >= 4 is 5.69 Å². The molecule has 21 heavy (non-hydrogen) atoms. The Balaban J connectivity index is 2.19. The Hall–Kier alpha value is -1.74. The van der Waals surface area contributed by atoms with E-state index in [2.05, 4.69) is 5.32 Å². The summed E-state index contributed by atoms with van der Waals surface area (Å²) in [6.45, 7) is 4.53. The van der Waals surface area contributed by atoms with Gasteiger partial charge >= 0.3 is 6.18 Å². The Bertz CT molecular complexity index is 561. The van der Waals surface area contributed by atoms with Crippen molar-refractivity contribution in [2.75, 3.05) is 11.9 Å². The lowest BCUT2D eigenvalue weighted by atomic mass is 9.93. The standard InChI is InChI=1S/C15H17F3N2O/c1-14(2)8-12(5-6-21-14)20-13-4-3-11(15(16,17)18)7-10(13)9-19/h3-4,7,12,20H,5-6,8H2,1-2H3. The van der Waals surface area contributed by atoms with Gasteiger partial charge in [-0.3, -0.25) is 0 Å². The Morgan fingerprint density at radius 2 is 2.10 bits per heavy atom. The predicted octanol–water partition coefficient (Wildman–Crippen LogP) is 3.95. The van der Waals surface area contributed by atoms with Gasteiger partial charge in [0.25, 0.3) is 0 Å². The van der Waals surface area contributed by atoms with Crippen molar-refractivity contribution in [3.05, 3.63) is 29.3 Å². The molecule has 6 heteroatoms. The normalized spacial score (nSPS) is 21.6. The fourth-order valence-corrected chi connectivity index (χ4v) is 2.51. The first-order valence-corrected chi connectivity index (χ1v) is 6.73. The largest absolute Gasteiger partial charge is 0.416 e. The van der Waals surface area contributed by atoms with Crippen LogP contribution in [0.3, 0.4) is 0 Å². The fourth-order valence-electron chi connectivity index (χ4n) is 2.51. The van der Waals surface area contributed by atoms with Gasteiger partial charge in [-0.1, -0.05) is 0 Å². The van der Waals surface area contributed by atoms with Crippen LogP contribution in [0.25, 0.3) is 0 Å². The molecule has 1 unspecified atom stereocenters. The average molecular weight is 298 g/mol. The number of hydrogen-bond acceptors (Lipinski definition) is 3. The zero-order chi connectivity index (χ0) is 15.7. The number of rotatable bonds is 2. The minimum absolute atomic E-state index is 0.00845. The summed E-state index contributed by atoms with van der Waals surface area (Å²) in [6.07, 6.45) is -2.95. The Morgan fingerprint density at radius 1 is 1.38 bits per heavy atom. The molecular formula is C15H17F3N2O. The highest BCUT2D eigenvalue weighted by Crippen LogP contribution is 2.33. The van der Waals surface area contributed by atoms with Crippen LogP contribution in [-0.4, -0.2) is 18.2 Å². The summed E-state index contributed by atoms with van der Waals surface area (Å²) >= 11 is 0. The monoisotopic (exact) mass is 298 g/mol. The molecule has 114 valence electrons. The fraction of sp³-hybridized carbons (Fsp3) is 0.533. The summed E-state index contributed by atoms with van der Waals surface area (Å²) in [7, 11) is 0. The van der Waals surface area contributed by atoms with Gasteiger partial charge in [-0.15, -0.1) is 0 Å². The number of halogens is 3. The maximum Gasteiger partial charge on any atom is 0.416 e. The zero-order valence-electron chi connectivity index (χ0n) is 11.9. The smallest absolute Gasteiger partial charge is 0.381 e. The van der Waals surface area contributed by atoms with Crippen LogP contribution < -0.4 is 5.32 Å². The number of nitriles is 1. The van der Waals surface area contributed by atoms with Crippen LogP contribution in [0.1, 0.15) is 37.8 Å². The third-order valence-corrected chi connectivity index (χ3v) is 3.52. The molecule has 0 aromatic heterocycles. The number of nitrogens with one attached hydrogen (secondary N) is 1. The van der Waals surface area contributed by atoms with Crippen molar-refractivity contribution in [1.29, 1.82) is 5.26 Å². The molecular weight excluding hydrogens is 281 g/mol. The molecule has 0 bridgehead atoms. The molecule has 0 aliphatic carbocycles. The summed E-state index contributed by atoms with van der Waals surface area (Å²) in [5.41, 5.74) is -0.631. The van der Waals surface area contributed by atoms with Crippen LogP contribution in [0.5, 0.6) is 0 Å². The van der Waals surface area contributed by atoms with E-state index in [0.29, 0.717) is 12.3 Å². The van der Waals surface area contributed by atoms with E-state index in [1.54, 1.807) is 0 Å². The Kier molecular flexibility index (Phi) is 4.15. The number of hydrogen-bond donors (Lipinski definition) is 1. The van der Waals surface area contributed by atoms with Gasteiger partial charge < -0.3 is 10.1 Å². The molecule has 0 amide bonds. The predicted molar refractivity (Wildman–Crippen MR) is 72.8 cm³/mol. The molecule has 1 fully saturated rings. The third kappa shape index (κ3) is 3.88. The molecule has 1 aliphatic rings. The number of ether oxygens (including phenoxy) is 1. The van der Waals surface area contributed by atoms with Crippen LogP contribution in [0.4, 0.5) is 18.9 Å². The number of alkyl halides is 3. The summed E-state index contributed by atoms with van der Waals surface area (Å²) in [5.74, 6) is 0. The molecule has 2 rings (SSSR count). The number of anilines is 1. The zero-order valence-corrected chi connectivity index (χ0v) is 11.9. The van der Waals surface area contributed by atoms with E-state index in [1.807, 2.05) is 19.9 Å². The Labute approximate surface area is 121 Å². The lowest BCUT2D eigenvalue weighted by molar-refractivity contribution is -0.137. The molecule has 1 N–H and O–H groups in total. The maximum atomic E-state index is 12.6. The number of nitrogens with zero attached hydrogens (tertiary/aromatic N) is 1. The number of benzene rings is 1. The van der Waals surface area contributed by atoms with Crippen LogP contribution >= 0.6 is 0 Å². The van der Waals surface area contributed by atoms with Gasteiger partial charge in [-0.05, 0) is 44.9 Å². The molecule has 1 heterocycles. The van der Waals surface area contributed by atoms with E-state index >= 15 is 0 Å². The summed E-state index contributed by atoms with van der Waals surface area (Å²) in [4.78, 5) is 0. The van der Waals surface area contributed by atoms with Crippen LogP contribution in [0.15, 0.2) is 18.2 Å². The molecule has 1 aromatic rings. The highest BCUT2D eigenvalue weighted by Gasteiger charge is 2.32. The van der Waals surface area contributed by atoms with Crippen LogP contribution in [0.2, 0.25) is 0 Å². The Morgan fingerprint density at radius 3 is 2.67 bits per heavy atom. The van der Waals surface area contributed by atoms with Gasteiger partial charge in [0, 0.05) is 12.6 Å². The van der Waals surface area contributed by atoms with Crippen molar-refractivity contribution in [1.82, 2.24) is 0 Å². The van der Waals surface area contributed by atoms with Gasteiger partial charge in [0.05, 0.1) is 22.4 Å². The van der Waals surface area contributed by atoms with Gasteiger partial charge in [0.1, 0.15) is 6.07 Å². The second kappa shape index (κ2) is 5.57. The minimum atomic E-state index is -4.44. The van der Waals surface area contributed by atoms with Crippen molar-refractivity contribution in [2.24, 2.45) is 0 Å². The second-order valence-corrected chi connectivity index (χ2v) is 5.81. The molecule has 1 saturated heterocycles. The van der Waals surface area contributed by atoms with Crippen LogP contribution in [-0.2, 0) is 10.9 Å². The third-order valence-electron chi connectivity index (χ3n) is 3.52. The molecule has 1 aliphatic heterocycles. The topological polar surface area (TPSA) is 45.0 Å². The molecule has 1 aromatic carbocycles. The summed E-state index contributed by atoms with van der Waals surface area (Å²) in [6, 6.07) is 5.10. The molecule has 0 spiro atoms. The average Bonchev–Trinajstić information content (AvgIpc) is 2.36. The van der Waals surface area contributed by atoms with Gasteiger partial charge in [0.15, 0.2) is 0 Å². The van der Waals surface area contributed by atoms with E-state index in [4.69, 9.17) is 10.00 Å². The molecule has 0 radical (unpaired) electrons. The van der Waals surface area contributed by atoms with Crippen molar-refractivity contribution < 1.29 is 17.9 Å². The molecule has 3 nitrogen and oxygen atoms in total. The van der Waals surface area contributed by atoms with Gasteiger partial charge in [0.2, 0.25) is 0 Å². The van der Waals surface area contributed by atoms with Gasteiger partial charge in [-0.25, -0.2) is 0 Å². The minimum Gasteiger partial charge on any atom is -0.381 e. The first-order valence-electron chi connectivity index (χ1n) is 6.73. The van der Waals surface area contributed by atoms with E-state index < -0.39 is 11.7 Å². The first kappa shape index (κ1) is 15.6. The highest BCUT2D eigenvalue weighted by atomic mass is 19.4. The molecule has 0 saturated carbocycles. The molecule has 1 atom stereocenters. The van der Waals surface area contributed by atoms with Crippen molar-refractivity contribution in [3.63, 3.8) is 0 Å². The summed E-state index contributed by atoms with van der Waals surface area (Å²) in [5, 5.41) is 12.2. The van der Waals surface area contributed by atoms with E-state index in [-0.39, 0.29) is 17.2 Å². The van der Waals surface area contributed by atoms with E-state index in [1.165, 1.54) is 6.07 Å². The lowest BCUT2D eigenvalue weighted by Crippen LogP contribution is -2.40. The van der Waals surface area contributed by atoms with Crippen LogP contribution in [0, 0.1) is 11.3 Å². The first-order chi connectivity index (χ1) is 9.71. The highest BCUT2D eigenvalue weighted by molar-refractivity contribution is 5.59. The van der Waals surface area contributed by atoms with E-state index in [9.17, 15) is 13.2 Å². The van der Waals surface area contributed by atoms with Crippen molar-refractivity contribution in [3.8, 4) is 6.07 Å². The van der Waals surface area contributed by atoms with Crippen molar-refractivity contribution in [2.45, 2.75) is 44.5 Å². The SMILES string of the molecule is CC1(C)CC(Nc2ccc(C(F)(F)F)cc2C#N)CCO1. The van der Waals surface area contributed by atoms with Gasteiger partial charge in [-0.2, -0.15) is 18.4 Å². The second-order valence-electron chi connectivity index (χ2n) is 5.81. The maximum absolute atomic E-state index is 12.6.